The summed E-state index contributed by atoms with van der Waals surface area (Å²) in [6, 6.07) is 4.10. The molecule has 0 unspecified atom stereocenters. The summed E-state index contributed by atoms with van der Waals surface area (Å²) < 4.78 is 38.5. The lowest BCUT2D eigenvalue weighted by Gasteiger charge is -2.07. The van der Waals surface area contributed by atoms with Crippen molar-refractivity contribution in [1.82, 2.24) is 4.72 Å². The first-order valence-electron chi connectivity index (χ1n) is 5.42. The van der Waals surface area contributed by atoms with Crippen LogP contribution in [0.3, 0.4) is 0 Å². The quantitative estimate of drug-likeness (QED) is 0.621. The number of rotatable bonds is 7. The number of sulfonamides is 1. The summed E-state index contributed by atoms with van der Waals surface area (Å²) in [6.07, 6.45) is 1.17. The first-order chi connectivity index (χ1) is 8.44. The normalized spacial score (nSPS) is 11.7. The molecule has 0 saturated carbocycles. The van der Waals surface area contributed by atoms with Gasteiger partial charge in [0.25, 0.3) is 0 Å². The van der Waals surface area contributed by atoms with Gasteiger partial charge in [-0.15, -0.1) is 11.6 Å². The van der Waals surface area contributed by atoms with Crippen LogP contribution >= 0.6 is 23.2 Å². The van der Waals surface area contributed by atoms with Crippen LogP contribution in [-0.4, -0.2) is 20.1 Å². The molecule has 7 heteroatoms. The Bertz CT molecular complexity index is 494. The molecule has 0 fully saturated rings. The summed E-state index contributed by atoms with van der Waals surface area (Å²) in [5.41, 5.74) is 0.613. The van der Waals surface area contributed by atoms with E-state index in [9.17, 15) is 12.8 Å². The molecule has 0 amide bonds. The number of alkyl halides is 1. The van der Waals surface area contributed by atoms with Crippen LogP contribution in [0.15, 0.2) is 18.2 Å². The largest absolute Gasteiger partial charge is 0.212 e. The highest BCUT2D eigenvalue weighted by molar-refractivity contribution is 7.89. The summed E-state index contributed by atoms with van der Waals surface area (Å²) in [5.74, 6) is -0.0389. The summed E-state index contributed by atoms with van der Waals surface area (Å²) >= 11 is 11.1. The van der Waals surface area contributed by atoms with Gasteiger partial charge in [-0.3, -0.25) is 0 Å². The average Bonchev–Trinajstić information content (AvgIpc) is 2.31. The Labute approximate surface area is 116 Å². The molecule has 0 bridgehead atoms. The maximum absolute atomic E-state index is 12.9. The fraction of sp³-hybridized carbons (Fsp3) is 0.455. The molecule has 1 rings (SSSR count). The predicted molar refractivity (Wildman–Crippen MR) is 72.0 cm³/mol. The Hall–Kier alpha value is -0.360. The number of benzene rings is 1. The number of unbranched alkanes of at least 4 members (excludes halogenated alkanes) is 1. The molecule has 102 valence electrons. The highest BCUT2D eigenvalue weighted by Gasteiger charge is 2.10. The van der Waals surface area contributed by atoms with Crippen LogP contribution in [-0.2, 0) is 16.6 Å². The van der Waals surface area contributed by atoms with Crippen molar-refractivity contribution in [3.8, 4) is 0 Å². The zero-order chi connectivity index (χ0) is 13.6. The second kappa shape index (κ2) is 7.28. The van der Waals surface area contributed by atoms with Gasteiger partial charge in [0, 0.05) is 12.4 Å². The molecule has 0 spiro atoms. The molecule has 1 N–H and O–H groups in total. The fourth-order valence-electron chi connectivity index (χ4n) is 1.30. The van der Waals surface area contributed by atoms with Crippen molar-refractivity contribution in [1.29, 1.82) is 0 Å². The lowest BCUT2D eigenvalue weighted by Crippen LogP contribution is -2.26. The molecule has 0 radical (unpaired) electrons. The molecule has 0 aliphatic carbocycles. The van der Waals surface area contributed by atoms with Crippen molar-refractivity contribution in [2.45, 2.75) is 19.4 Å². The van der Waals surface area contributed by atoms with Crippen molar-refractivity contribution in [2.24, 2.45) is 0 Å². The third-order valence-corrected chi connectivity index (χ3v) is 4.24. The lowest BCUT2D eigenvalue weighted by molar-refractivity contribution is 0.578. The molecule has 18 heavy (non-hydrogen) atoms. The zero-order valence-electron chi connectivity index (χ0n) is 9.63. The highest BCUT2D eigenvalue weighted by Crippen LogP contribution is 2.16. The highest BCUT2D eigenvalue weighted by atomic mass is 35.5. The van der Waals surface area contributed by atoms with E-state index in [-0.39, 0.29) is 17.3 Å². The second-order valence-corrected chi connectivity index (χ2v) is 6.50. The van der Waals surface area contributed by atoms with Crippen LogP contribution in [0, 0.1) is 5.82 Å². The third-order valence-electron chi connectivity index (χ3n) is 2.28. The number of hydrogen-bond acceptors (Lipinski definition) is 2. The zero-order valence-corrected chi connectivity index (χ0v) is 12.0. The van der Waals surface area contributed by atoms with Crippen molar-refractivity contribution in [3.05, 3.63) is 34.6 Å². The summed E-state index contributed by atoms with van der Waals surface area (Å²) in [5, 5.41) is -0.0196. The Kier molecular flexibility index (Phi) is 6.35. The summed E-state index contributed by atoms with van der Waals surface area (Å²) in [7, 11) is -3.32. The number of nitrogens with one attached hydrogen (secondary N) is 1. The number of halogens is 3. The van der Waals surface area contributed by atoms with E-state index < -0.39 is 15.8 Å². The maximum Gasteiger partial charge on any atom is 0.211 e. The number of hydrogen-bond donors (Lipinski definition) is 1. The maximum atomic E-state index is 12.9. The molecule has 0 heterocycles. The van der Waals surface area contributed by atoms with Gasteiger partial charge in [-0.05, 0) is 30.5 Å². The third kappa shape index (κ3) is 5.52. The van der Waals surface area contributed by atoms with Crippen molar-refractivity contribution in [2.75, 3.05) is 11.6 Å². The lowest BCUT2D eigenvalue weighted by atomic mass is 10.2. The molecule has 1 aromatic carbocycles. The Morgan fingerprint density at radius 3 is 2.61 bits per heavy atom. The fourth-order valence-corrected chi connectivity index (χ4v) is 2.81. The Balaban J connectivity index is 2.51. The van der Waals surface area contributed by atoms with Gasteiger partial charge in [0.1, 0.15) is 5.82 Å². The average molecular weight is 314 g/mol. The van der Waals surface area contributed by atoms with Gasteiger partial charge in [-0.25, -0.2) is 17.5 Å². The van der Waals surface area contributed by atoms with Gasteiger partial charge in [0.2, 0.25) is 10.0 Å². The molecule has 0 saturated heterocycles. The van der Waals surface area contributed by atoms with E-state index in [0.29, 0.717) is 24.3 Å². The van der Waals surface area contributed by atoms with E-state index in [0.717, 1.165) is 0 Å². The van der Waals surface area contributed by atoms with E-state index in [2.05, 4.69) is 4.72 Å². The molecule has 0 aliphatic rings. The topological polar surface area (TPSA) is 46.2 Å². The summed E-state index contributed by atoms with van der Waals surface area (Å²) in [6.45, 7) is 0.100. The van der Waals surface area contributed by atoms with E-state index in [4.69, 9.17) is 23.2 Å². The van der Waals surface area contributed by atoms with Crippen molar-refractivity contribution < 1.29 is 12.8 Å². The van der Waals surface area contributed by atoms with Crippen LogP contribution in [0.1, 0.15) is 18.4 Å². The first-order valence-corrected chi connectivity index (χ1v) is 7.98. The van der Waals surface area contributed by atoms with Crippen molar-refractivity contribution in [3.63, 3.8) is 0 Å². The van der Waals surface area contributed by atoms with Gasteiger partial charge >= 0.3 is 0 Å². The molecule has 0 atom stereocenters. The summed E-state index contributed by atoms with van der Waals surface area (Å²) in [4.78, 5) is 0. The Morgan fingerprint density at radius 1 is 1.28 bits per heavy atom. The van der Waals surface area contributed by atoms with Crippen molar-refractivity contribution >= 4 is 33.2 Å². The standard InChI is InChI=1S/C11H14Cl2FNO2S/c12-5-1-2-6-18(16,17)15-8-9-3-4-11(14)10(13)7-9/h3-4,7,15H,1-2,5-6,8H2. The molecule has 0 aliphatic heterocycles. The monoisotopic (exact) mass is 313 g/mol. The molecular formula is C11H14Cl2FNO2S. The predicted octanol–water partition coefficient (Wildman–Crippen LogP) is 2.92. The minimum atomic E-state index is -3.32. The van der Waals surface area contributed by atoms with Crippen LogP contribution in [0.4, 0.5) is 4.39 Å². The van der Waals surface area contributed by atoms with Gasteiger partial charge in [0.15, 0.2) is 0 Å². The van der Waals surface area contributed by atoms with Gasteiger partial charge in [0.05, 0.1) is 10.8 Å². The first kappa shape index (κ1) is 15.7. The van der Waals surface area contributed by atoms with Gasteiger partial charge in [-0.2, -0.15) is 0 Å². The van der Waals surface area contributed by atoms with E-state index in [1.54, 1.807) is 0 Å². The molecule has 3 nitrogen and oxygen atoms in total. The second-order valence-electron chi connectivity index (χ2n) is 3.78. The SMILES string of the molecule is O=S(=O)(CCCCCl)NCc1ccc(F)c(Cl)c1. The minimum absolute atomic E-state index is 0.0196. The van der Waals surface area contributed by atoms with Crippen LogP contribution < -0.4 is 4.72 Å². The van der Waals surface area contributed by atoms with Gasteiger partial charge < -0.3 is 0 Å². The molecule has 1 aromatic rings. The van der Waals surface area contributed by atoms with E-state index >= 15 is 0 Å². The van der Waals surface area contributed by atoms with E-state index in [1.807, 2.05) is 0 Å². The molecule has 0 aromatic heterocycles. The van der Waals surface area contributed by atoms with E-state index in [1.165, 1.54) is 18.2 Å². The smallest absolute Gasteiger partial charge is 0.211 e. The van der Waals surface area contributed by atoms with Gasteiger partial charge in [-0.1, -0.05) is 17.7 Å². The minimum Gasteiger partial charge on any atom is -0.212 e. The van der Waals surface area contributed by atoms with Crippen LogP contribution in [0.2, 0.25) is 5.02 Å². The molecular weight excluding hydrogens is 300 g/mol. The van der Waals surface area contributed by atoms with Crippen LogP contribution in [0.5, 0.6) is 0 Å². The Morgan fingerprint density at radius 2 is 2.00 bits per heavy atom. The van der Waals surface area contributed by atoms with Crippen LogP contribution in [0.25, 0.3) is 0 Å².